The highest BCUT2D eigenvalue weighted by Crippen LogP contribution is 2.33. The summed E-state index contributed by atoms with van der Waals surface area (Å²) in [5.74, 6) is 0. The zero-order valence-corrected chi connectivity index (χ0v) is 10.3. The number of rotatable bonds is 2. The molecule has 0 amide bonds. The van der Waals surface area contributed by atoms with E-state index in [1.807, 2.05) is 11.3 Å². The summed E-state index contributed by atoms with van der Waals surface area (Å²) in [5, 5.41) is 3.32. The van der Waals surface area contributed by atoms with Crippen LogP contribution in [0.3, 0.4) is 0 Å². The van der Waals surface area contributed by atoms with Crippen molar-refractivity contribution in [2.75, 3.05) is 0 Å². The molecule has 1 nitrogen and oxygen atoms in total. The lowest BCUT2D eigenvalue weighted by atomic mass is 10.3. The number of thiazole rings is 1. The molecule has 14 heavy (non-hydrogen) atoms. The average molecular weight is 223 g/mol. The molecule has 0 aliphatic carbocycles. The van der Waals surface area contributed by atoms with E-state index in [4.69, 9.17) is 0 Å². The molecule has 0 saturated carbocycles. The van der Waals surface area contributed by atoms with Gasteiger partial charge in [0, 0.05) is 4.88 Å². The molecule has 0 aromatic carbocycles. The standard InChI is InChI=1S/C11H13NS2/c1-4-9-8(3)12-11(14-9)10-7(2)5-6-13-10/h5-6H,4H2,1-3H3. The first-order valence-corrected chi connectivity index (χ1v) is 6.42. The van der Waals surface area contributed by atoms with E-state index >= 15 is 0 Å². The van der Waals surface area contributed by atoms with Crippen molar-refractivity contribution in [2.24, 2.45) is 0 Å². The third kappa shape index (κ3) is 1.62. The van der Waals surface area contributed by atoms with Gasteiger partial charge in [-0.2, -0.15) is 0 Å². The van der Waals surface area contributed by atoms with Crippen LogP contribution in [0.4, 0.5) is 0 Å². The lowest BCUT2D eigenvalue weighted by Gasteiger charge is -1.91. The summed E-state index contributed by atoms with van der Waals surface area (Å²) < 4.78 is 0. The van der Waals surface area contributed by atoms with Crippen molar-refractivity contribution in [1.29, 1.82) is 0 Å². The molecule has 2 aromatic heterocycles. The van der Waals surface area contributed by atoms with Crippen LogP contribution < -0.4 is 0 Å². The second-order valence-corrected chi connectivity index (χ2v) is 5.31. The molecule has 0 spiro atoms. The highest BCUT2D eigenvalue weighted by molar-refractivity contribution is 7.21. The zero-order valence-electron chi connectivity index (χ0n) is 8.63. The molecule has 0 aliphatic rings. The maximum absolute atomic E-state index is 4.61. The quantitative estimate of drug-likeness (QED) is 0.748. The summed E-state index contributed by atoms with van der Waals surface area (Å²) in [4.78, 5) is 7.36. The highest BCUT2D eigenvalue weighted by Gasteiger charge is 2.10. The Kier molecular flexibility index (Phi) is 2.70. The topological polar surface area (TPSA) is 12.9 Å². The van der Waals surface area contributed by atoms with Gasteiger partial charge in [0.2, 0.25) is 0 Å². The fourth-order valence-corrected chi connectivity index (χ4v) is 3.53. The maximum atomic E-state index is 4.61. The second-order valence-electron chi connectivity index (χ2n) is 3.31. The Morgan fingerprint density at radius 3 is 2.64 bits per heavy atom. The number of thiophene rings is 1. The van der Waals surface area contributed by atoms with Gasteiger partial charge in [-0.05, 0) is 37.3 Å². The van der Waals surface area contributed by atoms with Crippen molar-refractivity contribution in [3.05, 3.63) is 27.6 Å². The first-order chi connectivity index (χ1) is 6.72. The summed E-state index contributed by atoms with van der Waals surface area (Å²) in [7, 11) is 0. The van der Waals surface area contributed by atoms with Crippen molar-refractivity contribution in [1.82, 2.24) is 4.98 Å². The monoisotopic (exact) mass is 223 g/mol. The Morgan fingerprint density at radius 1 is 1.36 bits per heavy atom. The average Bonchev–Trinajstić information content (AvgIpc) is 2.71. The number of hydrogen-bond donors (Lipinski definition) is 0. The highest BCUT2D eigenvalue weighted by atomic mass is 32.1. The van der Waals surface area contributed by atoms with Crippen LogP contribution in [0.5, 0.6) is 0 Å². The van der Waals surface area contributed by atoms with Crippen LogP contribution in [-0.2, 0) is 6.42 Å². The van der Waals surface area contributed by atoms with Gasteiger partial charge in [-0.1, -0.05) is 6.92 Å². The lowest BCUT2D eigenvalue weighted by molar-refractivity contribution is 1.12. The van der Waals surface area contributed by atoms with Crippen LogP contribution >= 0.6 is 22.7 Å². The molecule has 2 heterocycles. The van der Waals surface area contributed by atoms with Gasteiger partial charge >= 0.3 is 0 Å². The molecule has 2 rings (SSSR count). The molecule has 74 valence electrons. The molecule has 0 N–H and O–H groups in total. The van der Waals surface area contributed by atoms with Gasteiger partial charge in [0.15, 0.2) is 0 Å². The molecular formula is C11H13NS2. The summed E-state index contributed by atoms with van der Waals surface area (Å²) in [5.41, 5.74) is 2.53. The van der Waals surface area contributed by atoms with E-state index in [0.717, 1.165) is 6.42 Å². The molecule has 0 radical (unpaired) electrons. The number of aryl methyl sites for hydroxylation is 3. The van der Waals surface area contributed by atoms with Crippen molar-refractivity contribution in [3.63, 3.8) is 0 Å². The van der Waals surface area contributed by atoms with E-state index in [0.29, 0.717) is 0 Å². The van der Waals surface area contributed by atoms with Gasteiger partial charge in [0.1, 0.15) is 5.01 Å². The smallest absolute Gasteiger partial charge is 0.134 e. The van der Waals surface area contributed by atoms with Crippen LogP contribution in [0.15, 0.2) is 11.4 Å². The molecule has 0 aliphatic heterocycles. The fraction of sp³-hybridized carbons (Fsp3) is 0.364. The molecule has 0 fully saturated rings. The maximum Gasteiger partial charge on any atom is 0.134 e. The largest absolute Gasteiger partial charge is 0.240 e. The Morgan fingerprint density at radius 2 is 2.14 bits per heavy atom. The summed E-state index contributed by atoms with van der Waals surface area (Å²) in [6.45, 7) is 6.43. The minimum Gasteiger partial charge on any atom is -0.240 e. The predicted octanol–water partition coefficient (Wildman–Crippen LogP) is 4.05. The van der Waals surface area contributed by atoms with Gasteiger partial charge < -0.3 is 0 Å². The summed E-state index contributed by atoms with van der Waals surface area (Å²) in [6.07, 6.45) is 1.09. The zero-order chi connectivity index (χ0) is 10.1. The van der Waals surface area contributed by atoms with Crippen LogP contribution in [0, 0.1) is 13.8 Å². The number of nitrogens with zero attached hydrogens (tertiary/aromatic N) is 1. The molecule has 2 aromatic rings. The summed E-state index contributed by atoms with van der Waals surface area (Å²) >= 11 is 3.61. The molecular weight excluding hydrogens is 210 g/mol. The van der Waals surface area contributed by atoms with Crippen molar-refractivity contribution >= 4 is 22.7 Å². The normalized spacial score (nSPS) is 10.8. The Balaban J connectivity index is 2.47. The first kappa shape index (κ1) is 9.87. The number of hydrogen-bond acceptors (Lipinski definition) is 3. The Labute approximate surface area is 92.4 Å². The van der Waals surface area contributed by atoms with E-state index in [1.54, 1.807) is 11.3 Å². The summed E-state index contributed by atoms with van der Waals surface area (Å²) in [6, 6.07) is 2.16. The third-order valence-electron chi connectivity index (χ3n) is 2.27. The van der Waals surface area contributed by atoms with Crippen molar-refractivity contribution in [3.8, 4) is 9.88 Å². The van der Waals surface area contributed by atoms with Gasteiger partial charge in [0.05, 0.1) is 10.6 Å². The van der Waals surface area contributed by atoms with Crippen molar-refractivity contribution in [2.45, 2.75) is 27.2 Å². The molecule has 0 saturated heterocycles. The van der Waals surface area contributed by atoms with Crippen LogP contribution in [0.25, 0.3) is 9.88 Å². The van der Waals surface area contributed by atoms with Gasteiger partial charge in [-0.25, -0.2) is 4.98 Å². The van der Waals surface area contributed by atoms with Gasteiger partial charge in [-0.15, -0.1) is 22.7 Å². The lowest BCUT2D eigenvalue weighted by Crippen LogP contribution is -1.78. The van der Waals surface area contributed by atoms with E-state index in [1.165, 1.54) is 26.0 Å². The van der Waals surface area contributed by atoms with E-state index < -0.39 is 0 Å². The van der Waals surface area contributed by atoms with Crippen molar-refractivity contribution < 1.29 is 0 Å². The molecule has 3 heteroatoms. The Bertz CT molecular complexity index is 440. The minimum absolute atomic E-state index is 1.09. The molecule has 0 bridgehead atoms. The Hall–Kier alpha value is -0.670. The first-order valence-electron chi connectivity index (χ1n) is 4.73. The number of aromatic nitrogens is 1. The fourth-order valence-electron chi connectivity index (χ4n) is 1.44. The van der Waals surface area contributed by atoms with E-state index in [9.17, 15) is 0 Å². The second kappa shape index (κ2) is 3.83. The minimum atomic E-state index is 1.09. The SMILES string of the molecule is CCc1sc(-c2sccc2C)nc1C. The van der Waals surface area contributed by atoms with Crippen LogP contribution in [-0.4, -0.2) is 4.98 Å². The van der Waals surface area contributed by atoms with E-state index in [2.05, 4.69) is 37.2 Å². The molecule has 0 atom stereocenters. The van der Waals surface area contributed by atoms with Gasteiger partial charge in [0.25, 0.3) is 0 Å². The third-order valence-corrected chi connectivity index (χ3v) is 4.74. The van der Waals surface area contributed by atoms with Crippen LogP contribution in [0.2, 0.25) is 0 Å². The predicted molar refractivity (Wildman–Crippen MR) is 64.3 cm³/mol. The van der Waals surface area contributed by atoms with E-state index in [-0.39, 0.29) is 0 Å². The molecule has 0 unspecified atom stereocenters. The van der Waals surface area contributed by atoms with Crippen LogP contribution in [0.1, 0.15) is 23.1 Å². The van der Waals surface area contributed by atoms with Gasteiger partial charge in [-0.3, -0.25) is 0 Å².